The van der Waals surface area contributed by atoms with Crippen molar-refractivity contribution in [2.45, 2.75) is 45.1 Å². The van der Waals surface area contributed by atoms with E-state index in [4.69, 9.17) is 5.73 Å². The van der Waals surface area contributed by atoms with Crippen LogP contribution in [-0.2, 0) is 11.2 Å². The molecule has 1 radical (unpaired) electrons. The molecule has 0 bridgehead atoms. The van der Waals surface area contributed by atoms with Gasteiger partial charge < -0.3 is 16.0 Å². The van der Waals surface area contributed by atoms with Crippen LogP contribution in [0.5, 0.6) is 0 Å². The molecule has 1 aromatic rings. The molecule has 5 heteroatoms. The van der Waals surface area contributed by atoms with Crippen molar-refractivity contribution in [3.63, 3.8) is 0 Å². The van der Waals surface area contributed by atoms with E-state index >= 15 is 0 Å². The van der Waals surface area contributed by atoms with E-state index in [0.717, 1.165) is 18.5 Å². The van der Waals surface area contributed by atoms with Crippen LogP contribution in [0, 0.1) is 6.54 Å². The van der Waals surface area contributed by atoms with Gasteiger partial charge in [0.05, 0.1) is 18.1 Å². The second-order valence-corrected chi connectivity index (χ2v) is 4.08. The molecule has 0 aliphatic carbocycles. The van der Waals surface area contributed by atoms with Crippen LogP contribution in [0.1, 0.15) is 38.3 Å². The minimum Gasteiger partial charge on any atom is -0.351 e. The molecule has 4 N–H and O–H groups in total. The van der Waals surface area contributed by atoms with Gasteiger partial charge in [-0.1, -0.05) is 26.2 Å². The van der Waals surface area contributed by atoms with E-state index in [1.807, 2.05) is 0 Å². The number of carbonyl (C=O) groups is 1. The summed E-state index contributed by atoms with van der Waals surface area (Å²) in [4.78, 5) is 18.5. The third-order valence-corrected chi connectivity index (χ3v) is 2.52. The lowest BCUT2D eigenvalue weighted by molar-refractivity contribution is -0.121. The molecule has 0 fully saturated rings. The smallest absolute Gasteiger partial charge is 0.237 e. The van der Waals surface area contributed by atoms with Gasteiger partial charge in [0.1, 0.15) is 0 Å². The number of nitrogens with one attached hydrogen (secondary N) is 2. The molecular weight excluding hydrogens is 216 g/mol. The van der Waals surface area contributed by atoms with E-state index in [-0.39, 0.29) is 5.91 Å². The van der Waals surface area contributed by atoms with Crippen LogP contribution < -0.4 is 11.1 Å². The third-order valence-electron chi connectivity index (χ3n) is 2.52. The molecule has 5 nitrogen and oxygen atoms in total. The van der Waals surface area contributed by atoms with Gasteiger partial charge >= 0.3 is 0 Å². The first-order valence-corrected chi connectivity index (χ1v) is 6.09. The Morgan fingerprint density at radius 3 is 3.12 bits per heavy atom. The van der Waals surface area contributed by atoms with Gasteiger partial charge in [-0.15, -0.1) is 0 Å². The molecule has 1 aromatic heterocycles. The average Bonchev–Trinajstić information content (AvgIpc) is 2.81. The van der Waals surface area contributed by atoms with Crippen molar-refractivity contribution in [3.05, 3.63) is 24.8 Å². The number of hydrogen-bond acceptors (Lipinski definition) is 3. The number of carbonyl (C=O) groups excluding carboxylic acids is 1. The molecule has 17 heavy (non-hydrogen) atoms. The van der Waals surface area contributed by atoms with Gasteiger partial charge in [-0.3, -0.25) is 4.79 Å². The number of H-pyrrole nitrogens is 1. The fourth-order valence-electron chi connectivity index (χ4n) is 1.50. The van der Waals surface area contributed by atoms with E-state index in [1.54, 1.807) is 19.1 Å². The number of aromatic nitrogens is 2. The number of rotatable bonds is 8. The minimum atomic E-state index is -0.541. The lowest BCUT2D eigenvalue weighted by Crippen LogP contribution is -2.41. The van der Waals surface area contributed by atoms with E-state index in [1.165, 1.54) is 12.8 Å². The molecule has 1 rings (SSSR count). The Morgan fingerprint density at radius 1 is 1.65 bits per heavy atom. The summed E-state index contributed by atoms with van der Waals surface area (Å²) < 4.78 is 0. The number of imidazole rings is 1. The van der Waals surface area contributed by atoms with E-state index in [0.29, 0.717) is 6.42 Å². The number of amides is 1. The maximum absolute atomic E-state index is 11.6. The summed E-state index contributed by atoms with van der Waals surface area (Å²) in [7, 11) is 0. The van der Waals surface area contributed by atoms with Gasteiger partial charge in [-0.2, -0.15) is 0 Å². The molecule has 0 aromatic carbocycles. The number of unbranched alkanes of at least 4 members (excludes halogenated alkanes) is 3. The highest BCUT2D eigenvalue weighted by Crippen LogP contribution is 2.00. The molecule has 0 saturated carbocycles. The lowest BCUT2D eigenvalue weighted by atomic mass is 10.1. The molecule has 1 atom stereocenters. The summed E-state index contributed by atoms with van der Waals surface area (Å²) >= 11 is 0. The Morgan fingerprint density at radius 2 is 2.47 bits per heavy atom. The number of aromatic amines is 1. The first-order chi connectivity index (χ1) is 8.24. The van der Waals surface area contributed by atoms with Crippen LogP contribution in [-0.4, -0.2) is 21.9 Å². The highest BCUT2D eigenvalue weighted by atomic mass is 16.2. The van der Waals surface area contributed by atoms with Crippen molar-refractivity contribution in [1.29, 1.82) is 0 Å². The van der Waals surface area contributed by atoms with Crippen molar-refractivity contribution in [2.75, 3.05) is 0 Å². The zero-order chi connectivity index (χ0) is 12.5. The predicted octanol–water partition coefficient (Wildman–Crippen LogP) is 1.14. The van der Waals surface area contributed by atoms with Crippen LogP contribution >= 0.6 is 0 Å². The zero-order valence-corrected chi connectivity index (χ0v) is 10.3. The van der Waals surface area contributed by atoms with Gasteiger partial charge in [0.25, 0.3) is 0 Å². The van der Waals surface area contributed by atoms with E-state index in [2.05, 4.69) is 22.2 Å². The van der Waals surface area contributed by atoms with Gasteiger partial charge in [-0.25, -0.2) is 4.98 Å². The van der Waals surface area contributed by atoms with E-state index in [9.17, 15) is 4.79 Å². The number of hydrogen-bond donors (Lipinski definition) is 3. The van der Waals surface area contributed by atoms with Crippen LogP contribution in [0.25, 0.3) is 0 Å². The number of nitrogens with two attached hydrogens (primary N) is 1. The van der Waals surface area contributed by atoms with Crippen molar-refractivity contribution in [3.8, 4) is 0 Å². The highest BCUT2D eigenvalue weighted by Gasteiger charge is 2.14. The standard InChI is InChI=1S/C12H21N4O/c1-2-3-4-5-6-15-12(17)11(13)7-10-8-14-9-16-10/h6,8-9,11H,2-5,7,13H2,1H3,(H,14,16)(H,15,17). The van der Waals surface area contributed by atoms with Crippen LogP contribution in [0.15, 0.2) is 12.5 Å². The van der Waals surface area contributed by atoms with E-state index < -0.39 is 6.04 Å². The minimum absolute atomic E-state index is 0.149. The second-order valence-electron chi connectivity index (χ2n) is 4.08. The van der Waals surface area contributed by atoms with Gasteiger partial charge in [0.2, 0.25) is 5.91 Å². The summed E-state index contributed by atoms with van der Waals surface area (Å²) in [5.41, 5.74) is 6.57. The SMILES string of the molecule is CCCCC[CH]NC(=O)C(N)Cc1c[nH]cn1. The first-order valence-electron chi connectivity index (χ1n) is 6.09. The van der Waals surface area contributed by atoms with Crippen molar-refractivity contribution in [2.24, 2.45) is 5.73 Å². The molecule has 1 heterocycles. The monoisotopic (exact) mass is 237 g/mol. The van der Waals surface area contributed by atoms with Gasteiger partial charge in [0.15, 0.2) is 0 Å². The maximum Gasteiger partial charge on any atom is 0.237 e. The van der Waals surface area contributed by atoms with Crippen molar-refractivity contribution >= 4 is 5.91 Å². The fourth-order valence-corrected chi connectivity index (χ4v) is 1.50. The highest BCUT2D eigenvalue weighted by molar-refractivity contribution is 5.82. The lowest BCUT2D eigenvalue weighted by Gasteiger charge is -2.10. The Bertz CT molecular complexity index is 310. The Balaban J connectivity index is 2.14. The Labute approximate surface area is 102 Å². The van der Waals surface area contributed by atoms with Crippen LogP contribution in [0.3, 0.4) is 0 Å². The topological polar surface area (TPSA) is 83.8 Å². The molecule has 1 unspecified atom stereocenters. The van der Waals surface area contributed by atoms with Crippen molar-refractivity contribution in [1.82, 2.24) is 15.3 Å². The predicted molar refractivity (Wildman–Crippen MR) is 66.9 cm³/mol. The summed E-state index contributed by atoms with van der Waals surface area (Å²) in [5, 5.41) is 2.73. The Hall–Kier alpha value is -1.36. The summed E-state index contributed by atoms with van der Waals surface area (Å²) in [6.45, 7) is 3.95. The zero-order valence-electron chi connectivity index (χ0n) is 10.3. The summed E-state index contributed by atoms with van der Waals surface area (Å²) in [6.07, 6.45) is 8.15. The van der Waals surface area contributed by atoms with Gasteiger partial charge in [0, 0.05) is 19.2 Å². The average molecular weight is 237 g/mol. The quantitative estimate of drug-likeness (QED) is 0.593. The molecule has 95 valence electrons. The van der Waals surface area contributed by atoms with Crippen LogP contribution in [0.4, 0.5) is 0 Å². The normalized spacial score (nSPS) is 12.4. The van der Waals surface area contributed by atoms with Crippen molar-refractivity contribution < 1.29 is 4.79 Å². The Kier molecular flexibility index (Phi) is 6.32. The third kappa shape index (κ3) is 5.49. The molecule has 0 aliphatic heterocycles. The number of nitrogens with zero attached hydrogens (tertiary/aromatic N) is 1. The molecule has 0 saturated heterocycles. The summed E-state index contributed by atoms with van der Waals surface area (Å²) in [6, 6.07) is -0.541. The first kappa shape index (κ1) is 13.7. The molecular formula is C12H21N4O. The molecule has 0 aliphatic rings. The maximum atomic E-state index is 11.6. The molecule has 0 spiro atoms. The molecule has 1 amide bonds. The van der Waals surface area contributed by atoms with Gasteiger partial charge in [-0.05, 0) is 6.42 Å². The second kappa shape index (κ2) is 7.84. The van der Waals surface area contributed by atoms with Crippen LogP contribution in [0.2, 0.25) is 0 Å². The fraction of sp³-hybridized carbons (Fsp3) is 0.583. The summed E-state index contributed by atoms with van der Waals surface area (Å²) in [5.74, 6) is -0.149. The largest absolute Gasteiger partial charge is 0.351 e.